The van der Waals surface area contributed by atoms with Crippen LogP contribution in [0.5, 0.6) is 5.75 Å². The largest absolute Gasteiger partial charge is 0.507 e. The van der Waals surface area contributed by atoms with Crippen molar-refractivity contribution in [3.63, 3.8) is 0 Å². The van der Waals surface area contributed by atoms with E-state index in [9.17, 15) is 5.11 Å². The van der Waals surface area contributed by atoms with Crippen molar-refractivity contribution in [2.45, 2.75) is 31.7 Å². The third kappa shape index (κ3) is 1.78. The summed E-state index contributed by atoms with van der Waals surface area (Å²) < 4.78 is 0. The fourth-order valence-electron chi connectivity index (χ4n) is 3.09. The highest BCUT2D eigenvalue weighted by molar-refractivity contribution is 5.63. The molecule has 1 fully saturated rings. The molecule has 0 bridgehead atoms. The molecule has 0 aliphatic carbocycles. The molecule has 0 saturated carbocycles. The van der Waals surface area contributed by atoms with Crippen molar-refractivity contribution in [1.29, 1.82) is 0 Å². The quantitative estimate of drug-likeness (QED) is 0.779. The lowest BCUT2D eigenvalue weighted by atomic mass is 9.94. The zero-order chi connectivity index (χ0) is 11.8. The van der Waals surface area contributed by atoms with E-state index in [4.69, 9.17) is 0 Å². The first-order valence-corrected chi connectivity index (χ1v) is 6.56. The van der Waals surface area contributed by atoms with Crippen LogP contribution in [-0.2, 0) is 6.42 Å². The van der Waals surface area contributed by atoms with Crippen LogP contribution in [0.4, 0.5) is 5.69 Å². The molecule has 2 aliphatic heterocycles. The molecule has 92 valence electrons. The second kappa shape index (κ2) is 4.22. The molecule has 1 atom stereocenters. The van der Waals surface area contributed by atoms with Gasteiger partial charge < -0.3 is 15.3 Å². The van der Waals surface area contributed by atoms with E-state index >= 15 is 0 Å². The summed E-state index contributed by atoms with van der Waals surface area (Å²) in [6, 6.07) is 4.62. The summed E-state index contributed by atoms with van der Waals surface area (Å²) >= 11 is 0. The first kappa shape index (κ1) is 10.9. The SMILES string of the molecule is CN1CCCc2c1ccc(C1CCCN1)c2O. The van der Waals surface area contributed by atoms with Gasteiger partial charge in [0.25, 0.3) is 0 Å². The Hall–Kier alpha value is -1.22. The van der Waals surface area contributed by atoms with Gasteiger partial charge in [-0.05, 0) is 38.3 Å². The van der Waals surface area contributed by atoms with Gasteiger partial charge in [-0.2, -0.15) is 0 Å². The van der Waals surface area contributed by atoms with E-state index in [0.29, 0.717) is 11.8 Å². The van der Waals surface area contributed by atoms with Gasteiger partial charge in [0.2, 0.25) is 0 Å². The lowest BCUT2D eigenvalue weighted by Crippen LogP contribution is -2.25. The average Bonchev–Trinajstić information content (AvgIpc) is 2.84. The molecule has 3 nitrogen and oxygen atoms in total. The minimum Gasteiger partial charge on any atom is -0.507 e. The molecule has 2 heterocycles. The van der Waals surface area contributed by atoms with E-state index in [1.165, 1.54) is 12.1 Å². The normalized spacial score (nSPS) is 23.8. The molecular weight excluding hydrogens is 212 g/mol. The van der Waals surface area contributed by atoms with Gasteiger partial charge in [-0.1, -0.05) is 6.07 Å². The third-order valence-electron chi connectivity index (χ3n) is 4.06. The monoisotopic (exact) mass is 232 g/mol. The summed E-state index contributed by atoms with van der Waals surface area (Å²) in [4.78, 5) is 2.24. The van der Waals surface area contributed by atoms with Gasteiger partial charge in [0.1, 0.15) is 5.75 Å². The Bertz CT molecular complexity index is 424. The molecule has 1 aromatic carbocycles. The molecule has 17 heavy (non-hydrogen) atoms. The van der Waals surface area contributed by atoms with E-state index in [0.717, 1.165) is 43.5 Å². The molecule has 2 aliphatic rings. The number of rotatable bonds is 1. The average molecular weight is 232 g/mol. The van der Waals surface area contributed by atoms with Crippen LogP contribution in [0.1, 0.15) is 36.4 Å². The first-order valence-electron chi connectivity index (χ1n) is 6.56. The lowest BCUT2D eigenvalue weighted by molar-refractivity contribution is 0.447. The molecule has 1 saturated heterocycles. The second-order valence-electron chi connectivity index (χ2n) is 5.18. The number of phenolic OH excluding ortho intramolecular Hbond substituents is 1. The van der Waals surface area contributed by atoms with Crippen molar-refractivity contribution in [3.05, 3.63) is 23.3 Å². The number of phenols is 1. The second-order valence-corrected chi connectivity index (χ2v) is 5.18. The standard InChI is InChI=1S/C14H20N2O/c1-16-9-3-4-11-13(16)7-6-10(14(11)17)12-5-2-8-15-12/h6-7,12,15,17H,2-5,8-9H2,1H3. The molecule has 0 spiro atoms. The molecule has 2 N–H and O–H groups in total. The van der Waals surface area contributed by atoms with Crippen LogP contribution in [0.2, 0.25) is 0 Å². The molecule has 0 aromatic heterocycles. The zero-order valence-electron chi connectivity index (χ0n) is 10.4. The number of anilines is 1. The summed E-state index contributed by atoms with van der Waals surface area (Å²) in [5.74, 6) is 0.536. The number of nitrogens with zero attached hydrogens (tertiary/aromatic N) is 1. The fraction of sp³-hybridized carbons (Fsp3) is 0.571. The maximum absolute atomic E-state index is 10.4. The maximum atomic E-state index is 10.4. The summed E-state index contributed by atoms with van der Waals surface area (Å²) in [5.41, 5.74) is 3.44. The van der Waals surface area contributed by atoms with E-state index in [2.05, 4.69) is 29.4 Å². The number of aromatic hydroxyl groups is 1. The van der Waals surface area contributed by atoms with Crippen LogP contribution in [-0.4, -0.2) is 25.2 Å². The minimum atomic E-state index is 0.354. The van der Waals surface area contributed by atoms with E-state index < -0.39 is 0 Å². The fourth-order valence-corrected chi connectivity index (χ4v) is 3.09. The van der Waals surface area contributed by atoms with Crippen LogP contribution in [0.15, 0.2) is 12.1 Å². The molecular formula is C14H20N2O. The highest BCUT2D eigenvalue weighted by atomic mass is 16.3. The van der Waals surface area contributed by atoms with E-state index in [1.807, 2.05) is 0 Å². The van der Waals surface area contributed by atoms with Gasteiger partial charge in [-0.15, -0.1) is 0 Å². The predicted molar refractivity (Wildman–Crippen MR) is 69.7 cm³/mol. The van der Waals surface area contributed by atoms with Crippen LogP contribution in [0, 0.1) is 0 Å². The van der Waals surface area contributed by atoms with Crippen LogP contribution in [0.25, 0.3) is 0 Å². The van der Waals surface area contributed by atoms with Crippen molar-refractivity contribution >= 4 is 5.69 Å². The Morgan fingerprint density at radius 2 is 2.24 bits per heavy atom. The first-order chi connectivity index (χ1) is 8.27. The van der Waals surface area contributed by atoms with Crippen LogP contribution >= 0.6 is 0 Å². The van der Waals surface area contributed by atoms with Crippen molar-refractivity contribution in [3.8, 4) is 5.75 Å². The molecule has 0 amide bonds. The Labute approximate surface area is 102 Å². The third-order valence-corrected chi connectivity index (χ3v) is 4.06. The lowest BCUT2D eigenvalue weighted by Gasteiger charge is -2.29. The number of nitrogens with one attached hydrogen (secondary N) is 1. The van der Waals surface area contributed by atoms with Crippen molar-refractivity contribution in [1.82, 2.24) is 5.32 Å². The number of hydrogen-bond acceptors (Lipinski definition) is 3. The van der Waals surface area contributed by atoms with Crippen molar-refractivity contribution < 1.29 is 5.11 Å². The van der Waals surface area contributed by atoms with Crippen molar-refractivity contribution in [2.24, 2.45) is 0 Å². The Morgan fingerprint density at radius 3 is 3.00 bits per heavy atom. The molecule has 1 aromatic rings. The summed E-state index contributed by atoms with van der Waals surface area (Å²) in [5, 5.41) is 13.9. The van der Waals surface area contributed by atoms with Gasteiger partial charge in [0.05, 0.1) is 0 Å². The molecule has 3 heteroatoms. The maximum Gasteiger partial charge on any atom is 0.125 e. The number of benzene rings is 1. The molecule has 3 rings (SSSR count). The minimum absolute atomic E-state index is 0.354. The van der Waals surface area contributed by atoms with Crippen LogP contribution in [0.3, 0.4) is 0 Å². The smallest absolute Gasteiger partial charge is 0.125 e. The van der Waals surface area contributed by atoms with Gasteiger partial charge in [-0.3, -0.25) is 0 Å². The van der Waals surface area contributed by atoms with Gasteiger partial charge in [0.15, 0.2) is 0 Å². The van der Waals surface area contributed by atoms with E-state index in [1.54, 1.807) is 0 Å². The predicted octanol–water partition coefficient (Wildman–Crippen LogP) is 2.20. The Balaban J connectivity index is 2.01. The Kier molecular flexibility index (Phi) is 2.71. The summed E-state index contributed by atoms with van der Waals surface area (Å²) in [7, 11) is 2.10. The van der Waals surface area contributed by atoms with Gasteiger partial charge in [0, 0.05) is 36.4 Å². The summed E-state index contributed by atoms with van der Waals surface area (Å²) in [6.07, 6.45) is 4.49. The van der Waals surface area contributed by atoms with E-state index in [-0.39, 0.29) is 0 Å². The number of fused-ring (bicyclic) bond motifs is 1. The molecule has 0 radical (unpaired) electrons. The molecule has 1 unspecified atom stereocenters. The zero-order valence-corrected chi connectivity index (χ0v) is 10.4. The highest BCUT2D eigenvalue weighted by Crippen LogP contribution is 2.39. The Morgan fingerprint density at radius 1 is 1.35 bits per heavy atom. The van der Waals surface area contributed by atoms with Crippen LogP contribution < -0.4 is 10.2 Å². The summed E-state index contributed by atoms with van der Waals surface area (Å²) in [6.45, 7) is 2.16. The van der Waals surface area contributed by atoms with Crippen molar-refractivity contribution in [2.75, 3.05) is 25.0 Å². The topological polar surface area (TPSA) is 35.5 Å². The van der Waals surface area contributed by atoms with Gasteiger partial charge in [-0.25, -0.2) is 0 Å². The number of hydrogen-bond donors (Lipinski definition) is 2. The van der Waals surface area contributed by atoms with Gasteiger partial charge >= 0.3 is 0 Å². The highest BCUT2D eigenvalue weighted by Gasteiger charge is 2.24.